The van der Waals surface area contributed by atoms with Crippen LogP contribution in [0.25, 0.3) is 0 Å². The minimum atomic E-state index is -0.0438. The molecule has 0 bridgehead atoms. The fourth-order valence-corrected chi connectivity index (χ4v) is 1.88. The summed E-state index contributed by atoms with van der Waals surface area (Å²) in [5.74, 6) is 1.65. The van der Waals surface area contributed by atoms with Gasteiger partial charge in [0, 0.05) is 12.5 Å². The van der Waals surface area contributed by atoms with Crippen LogP contribution in [0.3, 0.4) is 0 Å². The second-order valence-corrected chi connectivity index (χ2v) is 3.66. The molecule has 80 valence electrons. The zero-order valence-corrected chi connectivity index (χ0v) is 8.97. The summed E-state index contributed by atoms with van der Waals surface area (Å²) in [5.41, 5.74) is 1.04. The molecule has 1 N–H and O–H groups in total. The van der Waals surface area contributed by atoms with E-state index in [1.165, 1.54) is 0 Å². The van der Waals surface area contributed by atoms with Gasteiger partial charge in [-0.25, -0.2) is 9.48 Å². The zero-order valence-electron chi connectivity index (χ0n) is 8.97. The van der Waals surface area contributed by atoms with Crippen LogP contribution in [-0.2, 0) is 6.42 Å². The Morgan fingerprint density at radius 2 is 2.33 bits per heavy atom. The lowest BCUT2D eigenvalue weighted by molar-refractivity contribution is 0.344. The first-order valence-electron chi connectivity index (χ1n) is 5.01. The van der Waals surface area contributed by atoms with Crippen molar-refractivity contribution in [3.63, 3.8) is 0 Å². The molecular weight excluding hydrogens is 192 g/mol. The molecule has 2 heterocycles. The molecule has 0 fully saturated rings. The maximum Gasteiger partial charge on any atom is 0.238 e. The van der Waals surface area contributed by atoms with E-state index in [2.05, 4.69) is 4.99 Å². The third-order valence-electron chi connectivity index (χ3n) is 2.81. The number of hydrogen-bond acceptors (Lipinski definition) is 3. The van der Waals surface area contributed by atoms with Crippen LogP contribution in [0, 0.1) is 0 Å². The number of aliphatic imine (C=N–C) groups is 1. The second-order valence-electron chi connectivity index (χ2n) is 3.66. The summed E-state index contributed by atoms with van der Waals surface area (Å²) in [6, 6.07) is 1.93. The number of quaternary nitrogens is 1. The van der Waals surface area contributed by atoms with E-state index in [1.54, 1.807) is 12.5 Å². The standard InChI is InChI=1S/C11H15N2O2/c1-3-10-9(4-7-15-10)13(2)6-5-12-11(13)8-14/h4-7,14H,3,8H2,1-2H3/q+1. The highest BCUT2D eigenvalue weighted by Gasteiger charge is 2.35. The molecule has 4 nitrogen and oxygen atoms in total. The molecule has 0 aliphatic carbocycles. The first-order chi connectivity index (χ1) is 7.22. The Kier molecular flexibility index (Phi) is 2.46. The van der Waals surface area contributed by atoms with Crippen molar-refractivity contribution in [3.8, 4) is 0 Å². The molecule has 1 aliphatic heterocycles. The lowest BCUT2D eigenvalue weighted by atomic mass is 10.2. The van der Waals surface area contributed by atoms with Gasteiger partial charge in [-0.3, -0.25) is 0 Å². The summed E-state index contributed by atoms with van der Waals surface area (Å²) in [6.45, 7) is 2.00. The van der Waals surface area contributed by atoms with E-state index in [0.29, 0.717) is 10.3 Å². The summed E-state index contributed by atoms with van der Waals surface area (Å²) < 4.78 is 5.81. The minimum absolute atomic E-state index is 0.0438. The van der Waals surface area contributed by atoms with E-state index in [9.17, 15) is 5.11 Å². The van der Waals surface area contributed by atoms with Crippen LogP contribution >= 0.6 is 0 Å². The number of hydrogen-bond donors (Lipinski definition) is 1. The maximum absolute atomic E-state index is 9.25. The first-order valence-corrected chi connectivity index (χ1v) is 5.01. The number of aryl methyl sites for hydroxylation is 1. The molecule has 1 aliphatic rings. The highest BCUT2D eigenvalue weighted by atomic mass is 16.3. The monoisotopic (exact) mass is 207 g/mol. The molecule has 1 unspecified atom stereocenters. The summed E-state index contributed by atoms with van der Waals surface area (Å²) in [4.78, 5) is 4.16. The van der Waals surface area contributed by atoms with Crippen LogP contribution in [0.2, 0.25) is 0 Å². The molecule has 2 rings (SSSR count). The van der Waals surface area contributed by atoms with E-state index in [0.717, 1.165) is 17.9 Å². The van der Waals surface area contributed by atoms with Crippen LogP contribution in [0.1, 0.15) is 12.7 Å². The van der Waals surface area contributed by atoms with Gasteiger partial charge in [0.05, 0.1) is 19.5 Å². The van der Waals surface area contributed by atoms with E-state index in [4.69, 9.17) is 4.42 Å². The number of amidine groups is 1. The lowest BCUT2D eigenvalue weighted by Crippen LogP contribution is -2.45. The quantitative estimate of drug-likeness (QED) is 0.766. The molecule has 0 aromatic carbocycles. The van der Waals surface area contributed by atoms with Crippen LogP contribution in [0.4, 0.5) is 5.69 Å². The third-order valence-corrected chi connectivity index (χ3v) is 2.81. The largest absolute Gasteiger partial charge is 0.463 e. The molecule has 1 aromatic heterocycles. The van der Waals surface area contributed by atoms with Crippen molar-refractivity contribution >= 4 is 11.5 Å². The van der Waals surface area contributed by atoms with Crippen LogP contribution < -0.4 is 4.48 Å². The van der Waals surface area contributed by atoms with Crippen molar-refractivity contribution in [2.75, 3.05) is 13.7 Å². The maximum atomic E-state index is 9.25. The average Bonchev–Trinajstić information content (AvgIpc) is 2.83. The van der Waals surface area contributed by atoms with E-state index in [-0.39, 0.29) is 6.61 Å². The topological polar surface area (TPSA) is 45.7 Å². The van der Waals surface area contributed by atoms with Crippen LogP contribution in [0.15, 0.2) is 34.1 Å². The highest BCUT2D eigenvalue weighted by molar-refractivity contribution is 5.97. The van der Waals surface area contributed by atoms with Crippen molar-refractivity contribution < 1.29 is 9.52 Å². The molecule has 0 spiro atoms. The van der Waals surface area contributed by atoms with Gasteiger partial charge in [-0.15, -0.1) is 0 Å². The average molecular weight is 207 g/mol. The molecule has 4 heteroatoms. The fraction of sp³-hybridized carbons (Fsp3) is 0.364. The summed E-state index contributed by atoms with van der Waals surface area (Å²) in [7, 11) is 1.99. The SMILES string of the molecule is CCc1occc1[N+]1(C)C=CN=C1CO. The van der Waals surface area contributed by atoms with E-state index >= 15 is 0 Å². The minimum Gasteiger partial charge on any atom is -0.463 e. The van der Waals surface area contributed by atoms with Crippen LogP contribution in [-0.4, -0.2) is 24.6 Å². The molecule has 1 aromatic rings. The van der Waals surface area contributed by atoms with Gasteiger partial charge in [0.25, 0.3) is 0 Å². The molecule has 15 heavy (non-hydrogen) atoms. The predicted octanol–water partition coefficient (Wildman–Crippen LogP) is 1.65. The van der Waals surface area contributed by atoms with Gasteiger partial charge in [0.1, 0.15) is 12.8 Å². The molecule has 0 amide bonds. The Bertz CT molecular complexity index is 420. The number of furan rings is 1. The Balaban J connectivity index is 2.46. The molecule has 0 saturated carbocycles. The summed E-state index contributed by atoms with van der Waals surface area (Å²) >= 11 is 0. The number of rotatable bonds is 3. The number of likely N-dealkylation sites (N-methyl/N-ethyl adjacent to an activating group) is 1. The van der Waals surface area contributed by atoms with E-state index in [1.807, 2.05) is 26.2 Å². The van der Waals surface area contributed by atoms with E-state index < -0.39 is 0 Å². The van der Waals surface area contributed by atoms with Crippen molar-refractivity contribution in [1.82, 2.24) is 4.48 Å². The number of nitrogens with zero attached hydrogens (tertiary/aromatic N) is 2. The van der Waals surface area contributed by atoms with Gasteiger partial charge < -0.3 is 9.52 Å². The zero-order chi connectivity index (χ0) is 10.9. The second kappa shape index (κ2) is 3.64. The van der Waals surface area contributed by atoms with Crippen molar-refractivity contribution in [2.45, 2.75) is 13.3 Å². The van der Waals surface area contributed by atoms with Gasteiger partial charge in [-0.2, -0.15) is 0 Å². The Hall–Kier alpha value is -1.39. The van der Waals surface area contributed by atoms with Crippen molar-refractivity contribution in [1.29, 1.82) is 0 Å². The fourth-order valence-electron chi connectivity index (χ4n) is 1.88. The van der Waals surface area contributed by atoms with Crippen molar-refractivity contribution in [2.24, 2.45) is 4.99 Å². The number of aliphatic hydroxyl groups excluding tert-OH is 1. The molecule has 0 radical (unpaired) electrons. The lowest BCUT2D eigenvalue weighted by Gasteiger charge is -2.25. The van der Waals surface area contributed by atoms with Gasteiger partial charge in [-0.05, 0) is 0 Å². The highest BCUT2D eigenvalue weighted by Crippen LogP contribution is 2.31. The Labute approximate surface area is 88.7 Å². The summed E-state index contributed by atoms with van der Waals surface area (Å²) in [5, 5.41) is 9.25. The van der Waals surface area contributed by atoms with Gasteiger partial charge >= 0.3 is 0 Å². The van der Waals surface area contributed by atoms with Crippen LogP contribution in [0.5, 0.6) is 0 Å². The van der Waals surface area contributed by atoms with Gasteiger partial charge in [0.2, 0.25) is 5.84 Å². The predicted molar refractivity (Wildman–Crippen MR) is 59.5 cm³/mol. The molecule has 0 saturated heterocycles. The smallest absolute Gasteiger partial charge is 0.238 e. The van der Waals surface area contributed by atoms with Gasteiger partial charge in [0.15, 0.2) is 11.4 Å². The molecular formula is C11H15N2O2+. The number of aliphatic hydroxyl groups is 1. The third kappa shape index (κ3) is 1.42. The first kappa shape index (κ1) is 10.1. The van der Waals surface area contributed by atoms with Crippen molar-refractivity contribution in [3.05, 3.63) is 30.5 Å². The Morgan fingerprint density at radius 3 is 3.00 bits per heavy atom. The normalized spacial score (nSPS) is 24.6. The van der Waals surface area contributed by atoms with Gasteiger partial charge in [-0.1, -0.05) is 6.92 Å². The summed E-state index contributed by atoms with van der Waals surface area (Å²) in [6.07, 6.45) is 6.18. The Morgan fingerprint density at radius 1 is 1.53 bits per heavy atom. The molecule has 1 atom stereocenters.